The predicted molar refractivity (Wildman–Crippen MR) is 95.2 cm³/mol. The van der Waals surface area contributed by atoms with Gasteiger partial charge in [-0.15, -0.1) is 11.3 Å². The van der Waals surface area contributed by atoms with E-state index in [4.69, 9.17) is 4.74 Å². The fourth-order valence-electron chi connectivity index (χ4n) is 2.86. The highest BCUT2D eigenvalue weighted by atomic mass is 32.1. The molecule has 0 spiro atoms. The maximum absolute atomic E-state index is 13.0. The third-order valence-electron chi connectivity index (χ3n) is 4.05. The summed E-state index contributed by atoms with van der Waals surface area (Å²) < 4.78 is 5.12. The molecular formula is C18H21N3O3S. The Morgan fingerprint density at radius 2 is 2.28 bits per heavy atom. The molecule has 1 N–H and O–H groups in total. The van der Waals surface area contributed by atoms with Crippen molar-refractivity contribution in [2.75, 3.05) is 13.7 Å². The second-order valence-corrected chi connectivity index (χ2v) is 7.18. The average Bonchev–Trinajstić information content (AvgIpc) is 3.24. The van der Waals surface area contributed by atoms with E-state index in [0.717, 1.165) is 17.0 Å². The van der Waals surface area contributed by atoms with E-state index in [0.29, 0.717) is 31.0 Å². The molecule has 3 heterocycles. The summed E-state index contributed by atoms with van der Waals surface area (Å²) in [6.07, 6.45) is 2.99. The van der Waals surface area contributed by atoms with Gasteiger partial charge < -0.3 is 15.0 Å². The van der Waals surface area contributed by atoms with Crippen LogP contribution in [0.3, 0.4) is 0 Å². The molecule has 132 valence electrons. The van der Waals surface area contributed by atoms with Gasteiger partial charge >= 0.3 is 0 Å². The van der Waals surface area contributed by atoms with E-state index in [1.54, 1.807) is 18.2 Å². The molecule has 2 aromatic heterocycles. The molecule has 1 aliphatic rings. The highest BCUT2D eigenvalue weighted by Crippen LogP contribution is 2.21. The lowest BCUT2D eigenvalue weighted by Gasteiger charge is -2.25. The number of hydrogen-bond donors (Lipinski definition) is 1. The summed E-state index contributed by atoms with van der Waals surface area (Å²) in [4.78, 5) is 32.2. The molecule has 1 aliphatic heterocycles. The first-order valence-electron chi connectivity index (χ1n) is 8.22. The number of hydrogen-bond acceptors (Lipinski definition) is 5. The Morgan fingerprint density at radius 3 is 2.96 bits per heavy atom. The summed E-state index contributed by atoms with van der Waals surface area (Å²) in [6.45, 7) is 1.40. The molecule has 3 rings (SSSR count). The van der Waals surface area contributed by atoms with E-state index in [-0.39, 0.29) is 17.9 Å². The lowest BCUT2D eigenvalue weighted by molar-refractivity contribution is -0.119. The van der Waals surface area contributed by atoms with Crippen LogP contribution in [0.1, 0.15) is 33.1 Å². The maximum atomic E-state index is 13.0. The first-order valence-corrected chi connectivity index (χ1v) is 9.03. The monoisotopic (exact) mass is 359 g/mol. The molecule has 0 aliphatic carbocycles. The third kappa shape index (κ3) is 4.64. The lowest BCUT2D eigenvalue weighted by Crippen LogP contribution is -2.41. The highest BCUT2D eigenvalue weighted by Gasteiger charge is 2.26. The number of pyridine rings is 1. The van der Waals surface area contributed by atoms with E-state index >= 15 is 0 Å². The fourth-order valence-corrected chi connectivity index (χ4v) is 3.80. The van der Waals surface area contributed by atoms with Crippen molar-refractivity contribution in [2.24, 2.45) is 0 Å². The Morgan fingerprint density at radius 1 is 1.40 bits per heavy atom. The molecule has 0 unspecified atom stereocenters. The molecule has 0 aromatic carbocycles. The van der Waals surface area contributed by atoms with Gasteiger partial charge in [-0.05, 0) is 30.7 Å². The molecule has 1 saturated heterocycles. The minimum atomic E-state index is -0.0424. The fraction of sp³-hybridized carbons (Fsp3) is 0.389. The van der Waals surface area contributed by atoms with Gasteiger partial charge in [0.25, 0.3) is 5.91 Å². The Kier molecular flexibility index (Phi) is 5.78. The number of nitrogens with one attached hydrogen (secondary N) is 1. The van der Waals surface area contributed by atoms with Crippen molar-refractivity contribution < 1.29 is 14.3 Å². The van der Waals surface area contributed by atoms with E-state index in [2.05, 4.69) is 10.3 Å². The number of rotatable bonds is 7. The molecule has 0 saturated carbocycles. The number of aromatic nitrogens is 1. The first kappa shape index (κ1) is 17.6. The topological polar surface area (TPSA) is 71.5 Å². The minimum absolute atomic E-state index is 0.00132. The number of nitrogens with zero attached hydrogens (tertiary/aromatic N) is 2. The normalized spacial score (nSPS) is 16.7. The summed E-state index contributed by atoms with van der Waals surface area (Å²) in [5.41, 5.74) is 0.828. The van der Waals surface area contributed by atoms with Gasteiger partial charge in [-0.3, -0.25) is 14.6 Å². The quantitative estimate of drug-likeness (QED) is 0.823. The Hall–Kier alpha value is -2.25. The first-order chi connectivity index (χ1) is 12.2. The smallest absolute Gasteiger partial charge is 0.264 e. The van der Waals surface area contributed by atoms with Crippen LogP contribution in [0.15, 0.2) is 36.5 Å². The van der Waals surface area contributed by atoms with Crippen LogP contribution in [-0.4, -0.2) is 41.4 Å². The van der Waals surface area contributed by atoms with E-state index in [9.17, 15) is 9.59 Å². The zero-order valence-electron chi connectivity index (χ0n) is 14.1. The van der Waals surface area contributed by atoms with Crippen LogP contribution in [0.2, 0.25) is 0 Å². The molecule has 2 amide bonds. The van der Waals surface area contributed by atoms with Crippen LogP contribution in [0.4, 0.5) is 0 Å². The standard InChI is InChI=1S/C18H21N3O3S/c1-24-12-15-6-7-16(25-15)18(23)21(10-13-4-2-3-9-19-13)11-14-5-8-17(22)20-14/h2-4,6-7,9,14H,5,8,10-12H2,1H3,(H,20,22)/t14-/m0/s1. The number of thiophene rings is 1. The average molecular weight is 359 g/mol. The van der Waals surface area contributed by atoms with Crippen LogP contribution >= 0.6 is 11.3 Å². The molecule has 0 radical (unpaired) electrons. The SMILES string of the molecule is COCc1ccc(C(=O)N(Cc2ccccn2)C[C@@H]2CCC(=O)N2)s1. The predicted octanol–water partition coefficient (Wildman–Crippen LogP) is 2.21. The summed E-state index contributed by atoms with van der Waals surface area (Å²) in [5.74, 6) is 0.00731. The molecular weight excluding hydrogens is 338 g/mol. The number of amides is 2. The van der Waals surface area contributed by atoms with Crippen molar-refractivity contribution in [2.45, 2.75) is 32.0 Å². The number of carbonyl (C=O) groups excluding carboxylic acids is 2. The Bertz CT molecular complexity index is 732. The second kappa shape index (κ2) is 8.22. The molecule has 1 fully saturated rings. The summed E-state index contributed by atoms with van der Waals surface area (Å²) in [7, 11) is 1.64. The van der Waals surface area contributed by atoms with Crippen LogP contribution in [-0.2, 0) is 22.7 Å². The summed E-state index contributed by atoms with van der Waals surface area (Å²) in [5, 5.41) is 2.93. The van der Waals surface area contributed by atoms with Crippen molar-refractivity contribution in [3.05, 3.63) is 52.0 Å². The molecule has 7 heteroatoms. The molecule has 6 nitrogen and oxygen atoms in total. The van der Waals surface area contributed by atoms with Crippen LogP contribution in [0, 0.1) is 0 Å². The van der Waals surface area contributed by atoms with Gasteiger partial charge in [0.15, 0.2) is 0 Å². The van der Waals surface area contributed by atoms with E-state index in [1.807, 2.05) is 30.3 Å². The van der Waals surface area contributed by atoms with Crippen molar-refractivity contribution >= 4 is 23.2 Å². The van der Waals surface area contributed by atoms with Crippen LogP contribution < -0.4 is 5.32 Å². The van der Waals surface area contributed by atoms with Gasteiger partial charge in [-0.1, -0.05) is 6.07 Å². The number of methoxy groups -OCH3 is 1. The van der Waals surface area contributed by atoms with Gasteiger partial charge in [0.1, 0.15) is 0 Å². The minimum Gasteiger partial charge on any atom is -0.379 e. The van der Waals surface area contributed by atoms with Crippen molar-refractivity contribution in [3.8, 4) is 0 Å². The van der Waals surface area contributed by atoms with Gasteiger partial charge in [0.05, 0.1) is 23.7 Å². The molecule has 1 atom stereocenters. The molecule has 0 bridgehead atoms. The molecule has 2 aromatic rings. The largest absolute Gasteiger partial charge is 0.379 e. The highest BCUT2D eigenvalue weighted by molar-refractivity contribution is 7.14. The number of ether oxygens (including phenoxy) is 1. The Labute approximate surface area is 150 Å². The van der Waals surface area contributed by atoms with E-state index < -0.39 is 0 Å². The number of carbonyl (C=O) groups is 2. The van der Waals surface area contributed by atoms with Gasteiger partial charge in [0.2, 0.25) is 5.91 Å². The van der Waals surface area contributed by atoms with Crippen LogP contribution in [0.25, 0.3) is 0 Å². The Balaban J connectivity index is 1.76. The lowest BCUT2D eigenvalue weighted by atomic mass is 10.2. The summed E-state index contributed by atoms with van der Waals surface area (Å²) >= 11 is 1.44. The van der Waals surface area contributed by atoms with Gasteiger partial charge in [-0.25, -0.2) is 0 Å². The zero-order chi connectivity index (χ0) is 17.6. The van der Waals surface area contributed by atoms with Crippen molar-refractivity contribution in [1.29, 1.82) is 0 Å². The second-order valence-electron chi connectivity index (χ2n) is 6.01. The van der Waals surface area contributed by atoms with E-state index in [1.165, 1.54) is 11.3 Å². The van der Waals surface area contributed by atoms with Crippen molar-refractivity contribution in [3.63, 3.8) is 0 Å². The third-order valence-corrected chi connectivity index (χ3v) is 5.10. The van der Waals surface area contributed by atoms with Crippen LogP contribution in [0.5, 0.6) is 0 Å². The summed E-state index contributed by atoms with van der Waals surface area (Å²) in [6, 6.07) is 9.40. The van der Waals surface area contributed by atoms with Gasteiger partial charge in [0, 0.05) is 37.2 Å². The zero-order valence-corrected chi connectivity index (χ0v) is 14.9. The van der Waals surface area contributed by atoms with Crippen molar-refractivity contribution in [1.82, 2.24) is 15.2 Å². The maximum Gasteiger partial charge on any atom is 0.264 e. The molecule has 25 heavy (non-hydrogen) atoms. The van der Waals surface area contributed by atoms with Gasteiger partial charge in [-0.2, -0.15) is 0 Å².